The van der Waals surface area contributed by atoms with E-state index in [0.717, 1.165) is 22.3 Å². The highest BCUT2D eigenvalue weighted by atomic mass is 16.5. The van der Waals surface area contributed by atoms with Crippen molar-refractivity contribution in [2.75, 3.05) is 6.61 Å². The van der Waals surface area contributed by atoms with E-state index >= 15 is 0 Å². The lowest BCUT2D eigenvalue weighted by atomic mass is 9.97. The molecule has 174 valence electrons. The third-order valence-corrected chi connectivity index (χ3v) is 6.13. The molecule has 33 heavy (non-hydrogen) atoms. The first kappa shape index (κ1) is 24.0. The van der Waals surface area contributed by atoms with Gasteiger partial charge in [0.15, 0.2) is 0 Å². The molecule has 0 spiro atoms. The van der Waals surface area contributed by atoms with Crippen LogP contribution in [-0.4, -0.2) is 41.8 Å². The molecule has 1 aliphatic carbocycles. The Morgan fingerprint density at radius 3 is 2.15 bits per heavy atom. The zero-order valence-corrected chi connectivity index (χ0v) is 18.9. The van der Waals surface area contributed by atoms with E-state index in [-0.39, 0.29) is 24.9 Å². The minimum atomic E-state index is -1.16. The molecule has 0 bridgehead atoms. The van der Waals surface area contributed by atoms with E-state index in [2.05, 4.69) is 29.3 Å². The molecule has 3 atom stereocenters. The van der Waals surface area contributed by atoms with Gasteiger partial charge in [0, 0.05) is 5.92 Å². The van der Waals surface area contributed by atoms with Gasteiger partial charge in [-0.3, -0.25) is 4.79 Å². The van der Waals surface area contributed by atoms with E-state index in [1.165, 1.54) is 6.08 Å². The van der Waals surface area contributed by atoms with Crippen LogP contribution in [0.4, 0.5) is 4.79 Å². The van der Waals surface area contributed by atoms with Crippen LogP contribution in [0.15, 0.2) is 61.2 Å². The number of ether oxygens (including phenoxy) is 1. The van der Waals surface area contributed by atoms with E-state index in [0.29, 0.717) is 6.42 Å². The largest absolute Gasteiger partial charge is 0.480 e. The van der Waals surface area contributed by atoms with Gasteiger partial charge in [-0.2, -0.15) is 0 Å². The molecule has 3 unspecified atom stereocenters. The molecule has 3 rings (SSSR count). The van der Waals surface area contributed by atoms with Gasteiger partial charge in [0.25, 0.3) is 0 Å². The van der Waals surface area contributed by atoms with Crippen LogP contribution in [0.3, 0.4) is 0 Å². The quantitative estimate of drug-likeness (QED) is 0.473. The Labute approximate surface area is 193 Å². The number of carboxylic acids is 1. The first-order valence-electron chi connectivity index (χ1n) is 11.1. The highest BCUT2D eigenvalue weighted by Gasteiger charge is 2.32. The molecule has 0 aromatic heterocycles. The molecule has 2 aromatic rings. The fraction of sp³-hybridized carbons (Fsp3) is 0.346. The van der Waals surface area contributed by atoms with Crippen LogP contribution in [0.5, 0.6) is 0 Å². The van der Waals surface area contributed by atoms with Gasteiger partial charge in [-0.15, -0.1) is 6.58 Å². The normalized spacial score (nSPS) is 14.8. The molecule has 2 aromatic carbocycles. The van der Waals surface area contributed by atoms with Crippen LogP contribution >= 0.6 is 0 Å². The molecule has 0 aliphatic heterocycles. The lowest BCUT2D eigenvalue weighted by Gasteiger charge is -2.25. The third-order valence-electron chi connectivity index (χ3n) is 6.13. The first-order chi connectivity index (χ1) is 15.9. The van der Waals surface area contributed by atoms with Gasteiger partial charge >= 0.3 is 12.1 Å². The molecule has 0 saturated heterocycles. The lowest BCUT2D eigenvalue weighted by molar-refractivity contribution is -0.142. The zero-order chi connectivity index (χ0) is 24.0. The van der Waals surface area contributed by atoms with Crippen molar-refractivity contribution in [3.05, 3.63) is 72.3 Å². The van der Waals surface area contributed by atoms with Crippen molar-refractivity contribution in [2.24, 2.45) is 5.92 Å². The molecule has 0 heterocycles. The van der Waals surface area contributed by atoms with Crippen molar-refractivity contribution in [3.8, 4) is 11.1 Å². The number of alkyl carbamates (subject to hydrolysis) is 1. The number of aliphatic carboxylic acids is 1. The summed E-state index contributed by atoms with van der Waals surface area (Å²) in [6.07, 6.45) is 1.41. The van der Waals surface area contributed by atoms with Gasteiger partial charge in [0.1, 0.15) is 18.7 Å². The molecular weight excluding hydrogens is 420 g/mol. The van der Waals surface area contributed by atoms with Crippen molar-refractivity contribution in [1.82, 2.24) is 10.6 Å². The number of carboxylic acid groups (broad SMARTS) is 1. The molecule has 1 aliphatic rings. The van der Waals surface area contributed by atoms with Gasteiger partial charge in [-0.25, -0.2) is 9.59 Å². The Bertz CT molecular complexity index is 989. The standard InChI is InChI=1S/C26H30N2O5/c1-4-10-22(25(30)31)27-24(29)23(16(3)5-2)28-26(32)33-15-21-19-13-8-6-11-17(19)18-12-7-9-14-20(18)21/h4,6-9,11-14,16,21-23H,1,5,10,15H2,2-3H3,(H,27,29)(H,28,32)(H,30,31). The second-order valence-electron chi connectivity index (χ2n) is 8.26. The molecule has 2 amide bonds. The van der Waals surface area contributed by atoms with Gasteiger partial charge in [0.05, 0.1) is 0 Å². The summed E-state index contributed by atoms with van der Waals surface area (Å²) < 4.78 is 5.55. The maximum absolute atomic E-state index is 12.8. The van der Waals surface area contributed by atoms with Crippen LogP contribution in [-0.2, 0) is 14.3 Å². The van der Waals surface area contributed by atoms with Crippen molar-refractivity contribution in [3.63, 3.8) is 0 Å². The Morgan fingerprint density at radius 1 is 1.06 bits per heavy atom. The van der Waals surface area contributed by atoms with Crippen LogP contribution in [0, 0.1) is 5.92 Å². The second-order valence-corrected chi connectivity index (χ2v) is 8.26. The van der Waals surface area contributed by atoms with E-state index < -0.39 is 30.1 Å². The van der Waals surface area contributed by atoms with Crippen molar-refractivity contribution in [1.29, 1.82) is 0 Å². The second kappa shape index (κ2) is 10.8. The SMILES string of the molecule is C=CCC(NC(=O)C(NC(=O)OCC1c2ccccc2-c2ccccc21)C(C)CC)C(=O)O. The van der Waals surface area contributed by atoms with E-state index in [1.807, 2.05) is 50.2 Å². The summed E-state index contributed by atoms with van der Waals surface area (Å²) in [5, 5.41) is 14.4. The lowest BCUT2D eigenvalue weighted by Crippen LogP contribution is -2.54. The molecule has 0 saturated carbocycles. The fourth-order valence-corrected chi connectivity index (χ4v) is 4.12. The number of nitrogens with one attached hydrogen (secondary N) is 2. The van der Waals surface area contributed by atoms with E-state index in [1.54, 1.807) is 0 Å². The number of amides is 2. The maximum Gasteiger partial charge on any atom is 0.407 e. The number of rotatable bonds is 10. The Kier molecular flexibility index (Phi) is 7.87. The molecule has 7 heteroatoms. The van der Waals surface area contributed by atoms with Crippen molar-refractivity contribution < 1.29 is 24.2 Å². The molecule has 3 N–H and O–H groups in total. The summed E-state index contributed by atoms with van der Waals surface area (Å²) in [6, 6.07) is 14.0. The summed E-state index contributed by atoms with van der Waals surface area (Å²) in [5.74, 6) is -2.04. The Morgan fingerprint density at radius 2 is 1.64 bits per heavy atom. The Hall–Kier alpha value is -3.61. The number of benzene rings is 2. The van der Waals surface area contributed by atoms with Crippen LogP contribution in [0.2, 0.25) is 0 Å². The smallest absolute Gasteiger partial charge is 0.407 e. The first-order valence-corrected chi connectivity index (χ1v) is 11.1. The highest BCUT2D eigenvalue weighted by molar-refractivity contribution is 5.89. The van der Waals surface area contributed by atoms with Gasteiger partial charge in [-0.05, 0) is 34.6 Å². The predicted octanol–water partition coefficient (Wildman–Crippen LogP) is 4.09. The summed E-state index contributed by atoms with van der Waals surface area (Å²) in [5.41, 5.74) is 4.44. The van der Waals surface area contributed by atoms with Gasteiger partial charge < -0.3 is 20.5 Å². The highest BCUT2D eigenvalue weighted by Crippen LogP contribution is 2.44. The maximum atomic E-state index is 12.8. The van der Waals surface area contributed by atoms with Crippen LogP contribution in [0.25, 0.3) is 11.1 Å². The summed E-state index contributed by atoms with van der Waals surface area (Å²) in [6.45, 7) is 7.36. The van der Waals surface area contributed by atoms with Crippen molar-refractivity contribution >= 4 is 18.0 Å². The molecule has 0 fully saturated rings. The zero-order valence-electron chi connectivity index (χ0n) is 18.9. The Balaban J connectivity index is 1.68. The number of carbonyl (C=O) groups is 3. The predicted molar refractivity (Wildman–Crippen MR) is 126 cm³/mol. The minimum absolute atomic E-state index is 0.0826. The van der Waals surface area contributed by atoms with Crippen molar-refractivity contribution in [2.45, 2.75) is 44.7 Å². The molecule has 7 nitrogen and oxygen atoms in total. The van der Waals surface area contributed by atoms with E-state index in [4.69, 9.17) is 4.74 Å². The fourth-order valence-electron chi connectivity index (χ4n) is 4.12. The number of fused-ring (bicyclic) bond motifs is 3. The minimum Gasteiger partial charge on any atom is -0.480 e. The number of hydrogen-bond donors (Lipinski definition) is 3. The van der Waals surface area contributed by atoms with Crippen LogP contribution in [0.1, 0.15) is 43.7 Å². The number of carbonyl (C=O) groups excluding carboxylic acids is 2. The summed E-state index contributed by atoms with van der Waals surface area (Å²) in [4.78, 5) is 36.8. The number of hydrogen-bond acceptors (Lipinski definition) is 4. The van der Waals surface area contributed by atoms with Crippen LogP contribution < -0.4 is 10.6 Å². The molecule has 0 radical (unpaired) electrons. The summed E-state index contributed by atoms with van der Waals surface area (Å²) in [7, 11) is 0. The average molecular weight is 451 g/mol. The third kappa shape index (κ3) is 5.42. The molecular formula is C26H30N2O5. The topological polar surface area (TPSA) is 105 Å². The average Bonchev–Trinajstić information content (AvgIpc) is 3.14. The van der Waals surface area contributed by atoms with Gasteiger partial charge in [0.2, 0.25) is 5.91 Å². The monoisotopic (exact) mass is 450 g/mol. The summed E-state index contributed by atoms with van der Waals surface area (Å²) >= 11 is 0. The van der Waals surface area contributed by atoms with E-state index in [9.17, 15) is 19.5 Å². The van der Waals surface area contributed by atoms with Gasteiger partial charge in [-0.1, -0.05) is 74.9 Å².